The number of hydrazone groups is 1. The van der Waals surface area contributed by atoms with Gasteiger partial charge in [0.05, 0.1) is 0 Å². The van der Waals surface area contributed by atoms with Gasteiger partial charge < -0.3 is 0 Å². The lowest BCUT2D eigenvalue weighted by Crippen LogP contribution is -2.16. The first kappa shape index (κ1) is 6.12. The smallest absolute Gasteiger partial charge is 0.261 e. The monoisotopic (exact) mass is 135 g/mol. The van der Waals surface area contributed by atoms with Crippen LogP contribution in [0.15, 0.2) is 17.0 Å². The molecule has 0 aromatic carbocycles. The highest BCUT2D eigenvalue weighted by Crippen LogP contribution is 2.16. The molecule has 0 aromatic rings. The van der Waals surface area contributed by atoms with Crippen LogP contribution in [-0.4, -0.2) is 5.97 Å². The lowest BCUT2D eigenvalue weighted by Gasteiger charge is -2.05. The maximum absolute atomic E-state index is 11.9. The first-order valence-corrected chi connectivity index (χ1v) is 2.09. The topological polar surface area (TPSA) is 24.4 Å². The first-order chi connectivity index (χ1) is 4.20. The summed E-state index contributed by atoms with van der Waals surface area (Å²) in [6.07, 6.45) is -0.914. The largest absolute Gasteiger partial charge is 0.307 e. The van der Waals surface area contributed by atoms with E-state index in [9.17, 15) is 13.2 Å². The van der Waals surface area contributed by atoms with Crippen LogP contribution in [0, 0.1) is 6.30 Å². The van der Waals surface area contributed by atoms with Crippen LogP contribution in [0.3, 0.4) is 0 Å². The highest BCUT2D eigenvalue weighted by atomic mass is 19.2. The van der Waals surface area contributed by atoms with Gasteiger partial charge in [-0.1, -0.05) is 0 Å². The Morgan fingerprint density at radius 2 is 2.00 bits per heavy atom. The van der Waals surface area contributed by atoms with Crippen molar-refractivity contribution in [1.29, 1.82) is 0 Å². The molecule has 1 heterocycles. The molecule has 1 N–H and O–H groups in total. The summed E-state index contributed by atoms with van der Waals surface area (Å²) < 4.78 is 35.5. The van der Waals surface area contributed by atoms with Gasteiger partial charge >= 0.3 is 6.30 Å². The molecule has 1 rings (SSSR count). The van der Waals surface area contributed by atoms with E-state index in [0.29, 0.717) is 6.08 Å². The Balaban J connectivity index is 2.74. The molecule has 0 spiro atoms. The molecule has 5 heteroatoms. The van der Waals surface area contributed by atoms with Crippen molar-refractivity contribution in [2.75, 3.05) is 0 Å². The molecule has 2 nitrogen and oxygen atoms in total. The average Bonchev–Trinajstić information content (AvgIpc) is 1.80. The lowest BCUT2D eigenvalue weighted by atomic mass is 10.4. The van der Waals surface area contributed by atoms with Crippen molar-refractivity contribution in [1.82, 2.24) is 5.43 Å². The summed E-state index contributed by atoms with van der Waals surface area (Å²) in [5.74, 6) is -2.35. The second-order valence-corrected chi connectivity index (χ2v) is 1.35. The van der Waals surface area contributed by atoms with E-state index in [4.69, 9.17) is 0 Å². The molecule has 0 saturated heterocycles. The van der Waals surface area contributed by atoms with E-state index in [1.54, 1.807) is 0 Å². The molecule has 0 amide bonds. The minimum atomic E-state index is -1.28. The van der Waals surface area contributed by atoms with E-state index in [1.807, 2.05) is 0 Å². The summed E-state index contributed by atoms with van der Waals surface area (Å²) >= 11 is 0. The standard InChI is InChI=1S/C4H2F3N2/c5-2-1-3(6)8-9-4(2)7/h1,9H. The molecule has 0 aliphatic carbocycles. The Morgan fingerprint density at radius 1 is 1.33 bits per heavy atom. The summed E-state index contributed by atoms with van der Waals surface area (Å²) in [5.41, 5.74) is 1.50. The summed E-state index contributed by atoms with van der Waals surface area (Å²) in [4.78, 5) is 0. The number of halogens is 3. The molecule has 1 radical (unpaired) electrons. The van der Waals surface area contributed by atoms with Gasteiger partial charge in [-0.05, 0) is 0 Å². The van der Waals surface area contributed by atoms with Gasteiger partial charge in [0, 0.05) is 6.08 Å². The van der Waals surface area contributed by atoms with Crippen LogP contribution in [0.25, 0.3) is 0 Å². The predicted molar refractivity (Wildman–Crippen MR) is 25.2 cm³/mol. The SMILES string of the molecule is F[C]1NN=C(F)C=C1F. The molecule has 0 unspecified atom stereocenters. The third kappa shape index (κ3) is 1.22. The zero-order valence-electron chi connectivity index (χ0n) is 4.16. The van der Waals surface area contributed by atoms with E-state index in [2.05, 4.69) is 5.10 Å². The second-order valence-electron chi connectivity index (χ2n) is 1.35. The van der Waals surface area contributed by atoms with Gasteiger partial charge in [0.15, 0.2) is 5.83 Å². The van der Waals surface area contributed by atoms with Crippen LogP contribution < -0.4 is 5.43 Å². The minimum Gasteiger partial charge on any atom is -0.261 e. The first-order valence-electron chi connectivity index (χ1n) is 2.09. The molecule has 0 bridgehead atoms. The van der Waals surface area contributed by atoms with Crippen LogP contribution in [0.1, 0.15) is 0 Å². The minimum absolute atomic E-state index is 0.353. The summed E-state index contributed by atoms with van der Waals surface area (Å²) in [6.45, 7) is 0. The molecule has 0 aromatic heterocycles. The molecule has 0 saturated carbocycles. The molecule has 9 heavy (non-hydrogen) atoms. The fraction of sp³-hybridized carbons (Fsp3) is 0. The van der Waals surface area contributed by atoms with Gasteiger partial charge in [0.1, 0.15) is 0 Å². The van der Waals surface area contributed by atoms with Crippen LogP contribution >= 0.6 is 0 Å². The fourth-order valence-corrected chi connectivity index (χ4v) is 0.356. The summed E-state index contributed by atoms with van der Waals surface area (Å²) in [7, 11) is 0. The van der Waals surface area contributed by atoms with Crippen molar-refractivity contribution >= 4 is 5.97 Å². The quantitative estimate of drug-likeness (QED) is 0.495. The van der Waals surface area contributed by atoms with Crippen molar-refractivity contribution in [3.63, 3.8) is 0 Å². The molecular formula is C4H2F3N2. The average molecular weight is 135 g/mol. The number of nitrogens with zero attached hydrogens (tertiary/aromatic N) is 1. The number of nitrogens with one attached hydrogen (secondary N) is 1. The van der Waals surface area contributed by atoms with Crippen molar-refractivity contribution in [3.8, 4) is 0 Å². The Bertz CT molecular complexity index is 175. The number of allylic oxidation sites excluding steroid dienone is 1. The summed E-state index contributed by atoms with van der Waals surface area (Å²) in [5, 5.41) is 2.73. The molecule has 1 aliphatic rings. The van der Waals surface area contributed by atoms with Gasteiger partial charge in [0.2, 0.25) is 5.97 Å². The van der Waals surface area contributed by atoms with E-state index in [0.717, 1.165) is 0 Å². The molecular weight excluding hydrogens is 133 g/mol. The zero-order chi connectivity index (χ0) is 6.85. The number of hydrogen-bond acceptors (Lipinski definition) is 2. The van der Waals surface area contributed by atoms with Gasteiger partial charge in [0.25, 0.3) is 0 Å². The predicted octanol–water partition coefficient (Wildman–Crippen LogP) is 1.18. The van der Waals surface area contributed by atoms with E-state index >= 15 is 0 Å². The fourth-order valence-electron chi connectivity index (χ4n) is 0.356. The second kappa shape index (κ2) is 2.08. The van der Waals surface area contributed by atoms with Gasteiger partial charge in [-0.25, -0.2) is 8.78 Å². The van der Waals surface area contributed by atoms with E-state index in [1.165, 1.54) is 5.43 Å². The Morgan fingerprint density at radius 3 is 2.44 bits per heavy atom. The van der Waals surface area contributed by atoms with E-state index in [-0.39, 0.29) is 0 Å². The van der Waals surface area contributed by atoms with Crippen LogP contribution in [0.5, 0.6) is 0 Å². The highest BCUT2D eigenvalue weighted by molar-refractivity contribution is 5.87. The maximum Gasteiger partial charge on any atom is 0.307 e. The number of hydrogen-bond donors (Lipinski definition) is 1. The van der Waals surface area contributed by atoms with Crippen LogP contribution in [-0.2, 0) is 0 Å². The van der Waals surface area contributed by atoms with Crippen molar-refractivity contribution in [3.05, 3.63) is 18.2 Å². The summed E-state index contributed by atoms with van der Waals surface area (Å²) in [6, 6.07) is 0. The van der Waals surface area contributed by atoms with Crippen molar-refractivity contribution in [2.24, 2.45) is 5.10 Å². The molecule has 0 atom stereocenters. The maximum atomic E-state index is 11.9. The molecule has 1 aliphatic heterocycles. The molecule has 49 valence electrons. The van der Waals surface area contributed by atoms with Gasteiger partial charge in [-0.15, -0.1) is 5.10 Å². The van der Waals surface area contributed by atoms with Crippen LogP contribution in [0.4, 0.5) is 13.2 Å². The Labute approximate surface area is 49.1 Å². The van der Waals surface area contributed by atoms with Gasteiger partial charge in [-0.2, -0.15) is 4.39 Å². The number of rotatable bonds is 0. The van der Waals surface area contributed by atoms with Crippen molar-refractivity contribution < 1.29 is 13.2 Å². The third-order valence-electron chi connectivity index (χ3n) is 0.716. The Hall–Kier alpha value is -1.00. The normalized spacial score (nSPS) is 20.3. The third-order valence-corrected chi connectivity index (χ3v) is 0.716. The van der Waals surface area contributed by atoms with E-state index < -0.39 is 18.1 Å². The zero-order valence-corrected chi connectivity index (χ0v) is 4.16. The van der Waals surface area contributed by atoms with Crippen LogP contribution in [0.2, 0.25) is 0 Å². The van der Waals surface area contributed by atoms with Gasteiger partial charge in [-0.3, -0.25) is 5.43 Å². The van der Waals surface area contributed by atoms with Crippen molar-refractivity contribution in [2.45, 2.75) is 0 Å². The molecule has 0 fully saturated rings. The highest BCUT2D eigenvalue weighted by Gasteiger charge is 2.18. The Kier molecular flexibility index (Phi) is 1.42. The lowest BCUT2D eigenvalue weighted by molar-refractivity contribution is 0.387.